The summed E-state index contributed by atoms with van der Waals surface area (Å²) in [4.78, 5) is 23.2. The molecule has 1 aliphatic heterocycles. The maximum absolute atomic E-state index is 14.2. The molecule has 0 saturated carbocycles. The molecule has 1 aromatic carbocycles. The number of halogens is 2. The van der Waals surface area contributed by atoms with Crippen molar-refractivity contribution in [2.24, 2.45) is 0 Å². The molecule has 1 aromatic rings. The summed E-state index contributed by atoms with van der Waals surface area (Å²) in [5.74, 6) is -3.01. The largest absolute Gasteiger partial charge is 0.478 e. The number of hydrogen-bond acceptors (Lipinski definition) is 6. The Hall–Kier alpha value is -1.70. The van der Waals surface area contributed by atoms with Crippen LogP contribution in [0.25, 0.3) is 0 Å². The van der Waals surface area contributed by atoms with Gasteiger partial charge in [-0.2, -0.15) is 0 Å². The van der Waals surface area contributed by atoms with Gasteiger partial charge in [-0.05, 0) is 26.8 Å². The Bertz CT molecular complexity index is 642. The number of ether oxygens (including phenoxy) is 4. The molecule has 6 nitrogen and oxygen atoms in total. The van der Waals surface area contributed by atoms with E-state index in [1.807, 2.05) is 0 Å². The first-order valence-corrected chi connectivity index (χ1v) is 7.80. The molecule has 1 fully saturated rings. The van der Waals surface area contributed by atoms with Gasteiger partial charge in [0.2, 0.25) is 0 Å². The summed E-state index contributed by atoms with van der Waals surface area (Å²) in [6, 6.07) is 1.27. The van der Waals surface area contributed by atoms with Gasteiger partial charge in [-0.3, -0.25) is 4.79 Å². The smallest absolute Gasteiger partial charge is 0.347 e. The van der Waals surface area contributed by atoms with Crippen LogP contribution in [-0.4, -0.2) is 38.2 Å². The summed E-state index contributed by atoms with van der Waals surface area (Å²) in [6.45, 7) is 5.47. The van der Waals surface area contributed by atoms with Crippen LogP contribution >= 0.6 is 11.6 Å². The minimum atomic E-state index is -1.27. The standard InChI is InChI=1S/C16H18ClFO6/c1-4-21-15(20)9(2)24-14-10(8-19)13(18)12(17)7-11(14)16(3)22-5-6-23-16/h7-9H,4-6H2,1-3H3. The number of carbonyl (C=O) groups is 2. The monoisotopic (exact) mass is 360 g/mol. The van der Waals surface area contributed by atoms with Crippen LogP contribution in [0, 0.1) is 5.82 Å². The summed E-state index contributed by atoms with van der Waals surface area (Å²) in [6.07, 6.45) is -0.788. The van der Waals surface area contributed by atoms with E-state index >= 15 is 0 Å². The van der Waals surface area contributed by atoms with E-state index in [2.05, 4.69) is 0 Å². The van der Waals surface area contributed by atoms with E-state index in [1.54, 1.807) is 13.8 Å². The average molecular weight is 361 g/mol. The summed E-state index contributed by atoms with van der Waals surface area (Å²) in [5.41, 5.74) is -0.182. The molecule has 0 radical (unpaired) electrons. The fourth-order valence-corrected chi connectivity index (χ4v) is 2.56. The lowest BCUT2D eigenvalue weighted by Crippen LogP contribution is -2.30. The van der Waals surface area contributed by atoms with Gasteiger partial charge < -0.3 is 18.9 Å². The minimum absolute atomic E-state index is 0.156. The van der Waals surface area contributed by atoms with Gasteiger partial charge in [-0.15, -0.1) is 0 Å². The van der Waals surface area contributed by atoms with E-state index < -0.39 is 29.2 Å². The maximum atomic E-state index is 14.2. The van der Waals surface area contributed by atoms with Crippen LogP contribution in [0.5, 0.6) is 5.75 Å². The summed E-state index contributed by atoms with van der Waals surface area (Å²) in [7, 11) is 0. The van der Waals surface area contributed by atoms with Crippen molar-refractivity contribution in [3.8, 4) is 5.75 Å². The van der Waals surface area contributed by atoms with Gasteiger partial charge in [0.15, 0.2) is 24.0 Å². The van der Waals surface area contributed by atoms with Gasteiger partial charge in [0.25, 0.3) is 0 Å². The van der Waals surface area contributed by atoms with E-state index in [0.29, 0.717) is 13.2 Å². The highest BCUT2D eigenvalue weighted by Gasteiger charge is 2.39. The highest BCUT2D eigenvalue weighted by molar-refractivity contribution is 6.31. The van der Waals surface area contributed by atoms with Crippen molar-refractivity contribution in [3.63, 3.8) is 0 Å². The molecule has 1 atom stereocenters. The van der Waals surface area contributed by atoms with Gasteiger partial charge in [0, 0.05) is 0 Å². The third-order valence-corrected chi connectivity index (χ3v) is 3.84. The Balaban J connectivity index is 2.52. The van der Waals surface area contributed by atoms with E-state index in [0.717, 1.165) is 0 Å². The number of esters is 1. The molecule has 24 heavy (non-hydrogen) atoms. The second-order valence-corrected chi connectivity index (χ2v) is 5.64. The third kappa shape index (κ3) is 3.53. The average Bonchev–Trinajstić information content (AvgIpc) is 2.98. The maximum Gasteiger partial charge on any atom is 0.347 e. The van der Waals surface area contributed by atoms with E-state index in [1.165, 1.54) is 13.0 Å². The van der Waals surface area contributed by atoms with Crippen molar-refractivity contribution < 1.29 is 32.9 Å². The first kappa shape index (κ1) is 18.6. The first-order chi connectivity index (χ1) is 11.3. The van der Waals surface area contributed by atoms with Gasteiger partial charge in [-0.25, -0.2) is 9.18 Å². The van der Waals surface area contributed by atoms with Crippen molar-refractivity contribution in [1.29, 1.82) is 0 Å². The van der Waals surface area contributed by atoms with Crippen LogP contribution in [0.4, 0.5) is 4.39 Å². The van der Waals surface area contributed by atoms with E-state index in [4.69, 9.17) is 30.5 Å². The molecule has 1 saturated heterocycles. The molecule has 1 unspecified atom stereocenters. The van der Waals surface area contributed by atoms with Gasteiger partial charge in [0.05, 0.1) is 36.0 Å². The van der Waals surface area contributed by atoms with Crippen LogP contribution in [0.3, 0.4) is 0 Å². The van der Waals surface area contributed by atoms with Crippen LogP contribution in [-0.2, 0) is 24.8 Å². The highest BCUT2D eigenvalue weighted by atomic mass is 35.5. The predicted molar refractivity (Wildman–Crippen MR) is 82.8 cm³/mol. The Labute approximate surface area is 143 Å². The van der Waals surface area contributed by atoms with E-state index in [9.17, 15) is 14.0 Å². The number of aldehydes is 1. The molecular weight excluding hydrogens is 343 g/mol. The fraction of sp³-hybridized carbons (Fsp3) is 0.500. The van der Waals surface area contributed by atoms with Crippen molar-refractivity contribution >= 4 is 23.9 Å². The SMILES string of the molecule is CCOC(=O)C(C)Oc1c(C2(C)OCCO2)cc(Cl)c(F)c1C=O. The van der Waals surface area contributed by atoms with Crippen LogP contribution in [0.1, 0.15) is 36.7 Å². The lowest BCUT2D eigenvalue weighted by Gasteiger charge is -2.27. The van der Waals surface area contributed by atoms with Crippen LogP contribution < -0.4 is 4.74 Å². The number of carbonyl (C=O) groups excluding carboxylic acids is 2. The van der Waals surface area contributed by atoms with Gasteiger partial charge in [-0.1, -0.05) is 11.6 Å². The van der Waals surface area contributed by atoms with Crippen molar-refractivity contribution in [2.75, 3.05) is 19.8 Å². The molecule has 132 valence electrons. The number of hydrogen-bond donors (Lipinski definition) is 0. The number of benzene rings is 1. The summed E-state index contributed by atoms with van der Waals surface area (Å²) < 4.78 is 35.7. The highest BCUT2D eigenvalue weighted by Crippen LogP contribution is 2.42. The zero-order valence-electron chi connectivity index (χ0n) is 13.6. The van der Waals surface area contributed by atoms with Crippen molar-refractivity contribution in [1.82, 2.24) is 0 Å². The molecule has 1 heterocycles. The quantitative estimate of drug-likeness (QED) is 0.574. The topological polar surface area (TPSA) is 71.1 Å². The molecule has 1 aliphatic rings. The lowest BCUT2D eigenvalue weighted by atomic mass is 10.0. The molecule has 0 aliphatic carbocycles. The minimum Gasteiger partial charge on any atom is -0.478 e. The van der Waals surface area contributed by atoms with Gasteiger partial charge >= 0.3 is 5.97 Å². The van der Waals surface area contributed by atoms with Crippen molar-refractivity contribution in [3.05, 3.63) is 28.0 Å². The van der Waals surface area contributed by atoms with Crippen LogP contribution in [0.15, 0.2) is 6.07 Å². The van der Waals surface area contributed by atoms with E-state index in [-0.39, 0.29) is 29.2 Å². The van der Waals surface area contributed by atoms with Crippen molar-refractivity contribution in [2.45, 2.75) is 32.7 Å². The molecule has 0 bridgehead atoms. The Morgan fingerprint density at radius 1 is 1.50 bits per heavy atom. The Morgan fingerprint density at radius 3 is 2.67 bits per heavy atom. The second kappa shape index (κ2) is 7.46. The third-order valence-electron chi connectivity index (χ3n) is 3.57. The normalized spacial score (nSPS) is 17.4. The predicted octanol–water partition coefficient (Wildman–Crippen LogP) is 2.84. The Kier molecular flexibility index (Phi) is 5.79. The van der Waals surface area contributed by atoms with Gasteiger partial charge in [0.1, 0.15) is 5.75 Å². The second-order valence-electron chi connectivity index (χ2n) is 5.24. The number of rotatable bonds is 6. The molecular formula is C16H18ClFO6. The molecule has 0 amide bonds. The molecule has 0 spiro atoms. The Morgan fingerprint density at radius 2 is 2.12 bits per heavy atom. The van der Waals surface area contributed by atoms with Crippen LogP contribution in [0.2, 0.25) is 5.02 Å². The zero-order chi connectivity index (χ0) is 17.9. The molecule has 2 rings (SSSR count). The summed E-state index contributed by atoms with van der Waals surface area (Å²) in [5, 5.41) is -0.274. The summed E-state index contributed by atoms with van der Waals surface area (Å²) >= 11 is 5.87. The molecule has 8 heteroatoms. The zero-order valence-corrected chi connectivity index (χ0v) is 14.3. The lowest BCUT2D eigenvalue weighted by molar-refractivity contribution is -0.155. The fourth-order valence-electron chi connectivity index (χ4n) is 2.35. The molecule has 0 aromatic heterocycles. The first-order valence-electron chi connectivity index (χ1n) is 7.43. The molecule has 0 N–H and O–H groups in total.